The molecule has 62 valence electrons. The second kappa shape index (κ2) is 2.59. The molecular weight excluding hydrogens is 152 g/mol. The van der Waals surface area contributed by atoms with Crippen molar-refractivity contribution in [1.82, 2.24) is 4.90 Å². The van der Waals surface area contributed by atoms with Crippen LogP contribution < -0.4 is 0 Å². The molecule has 2 rings (SSSR count). The van der Waals surface area contributed by atoms with E-state index < -0.39 is 0 Å². The maximum absolute atomic E-state index is 11.0. The molecule has 1 amide bonds. The Hall–Kier alpha value is -1.38. The van der Waals surface area contributed by atoms with E-state index in [1.54, 1.807) is 0 Å². The maximum Gasteiger partial charge on any atom is 0.249 e. The summed E-state index contributed by atoms with van der Waals surface area (Å²) in [5.41, 5.74) is 1.14. The molecule has 2 aliphatic heterocycles. The van der Waals surface area contributed by atoms with Crippen LogP contribution in [-0.4, -0.2) is 23.2 Å². The number of carbonyl (C=O) groups is 1. The molecule has 0 unspecified atom stereocenters. The van der Waals surface area contributed by atoms with Gasteiger partial charge >= 0.3 is 0 Å². The lowest BCUT2D eigenvalue weighted by Gasteiger charge is -2.25. The molecule has 2 aliphatic rings. The molecular formula is C9H10N2O. The van der Waals surface area contributed by atoms with Gasteiger partial charge in [-0.2, -0.15) is 4.99 Å². The zero-order valence-corrected chi connectivity index (χ0v) is 6.95. The Morgan fingerprint density at radius 3 is 3.25 bits per heavy atom. The number of aliphatic imine (C=N–C) groups is 1. The number of amides is 1. The van der Waals surface area contributed by atoms with E-state index in [0.717, 1.165) is 18.0 Å². The fraction of sp³-hybridized carbons (Fsp3) is 0.333. The lowest BCUT2D eigenvalue weighted by Crippen LogP contribution is -2.33. The topological polar surface area (TPSA) is 32.7 Å². The predicted molar refractivity (Wildman–Crippen MR) is 46.7 cm³/mol. The van der Waals surface area contributed by atoms with E-state index in [-0.39, 0.29) is 5.91 Å². The Balaban J connectivity index is 2.35. The number of hydrogen-bond donors (Lipinski definition) is 0. The second-order valence-electron chi connectivity index (χ2n) is 3.01. The molecule has 0 radical (unpaired) electrons. The van der Waals surface area contributed by atoms with Crippen molar-refractivity contribution in [2.24, 2.45) is 4.99 Å². The molecule has 3 heteroatoms. The average molecular weight is 162 g/mol. The van der Waals surface area contributed by atoms with Crippen LogP contribution in [0.15, 0.2) is 28.9 Å². The Bertz CT molecular complexity index is 312. The van der Waals surface area contributed by atoms with Crippen LogP contribution in [0, 0.1) is 0 Å². The number of amidine groups is 1. The molecule has 3 nitrogen and oxygen atoms in total. The minimum Gasteiger partial charge on any atom is -0.332 e. The van der Waals surface area contributed by atoms with Crippen LogP contribution in [0.2, 0.25) is 0 Å². The molecule has 12 heavy (non-hydrogen) atoms. The van der Waals surface area contributed by atoms with Gasteiger partial charge in [-0.1, -0.05) is 0 Å². The summed E-state index contributed by atoms with van der Waals surface area (Å²) in [7, 11) is 0. The number of allylic oxidation sites excluding steroid dienone is 2. The van der Waals surface area contributed by atoms with Gasteiger partial charge in [0.25, 0.3) is 0 Å². The molecule has 0 aromatic rings. The summed E-state index contributed by atoms with van der Waals surface area (Å²) in [6, 6.07) is 0. The van der Waals surface area contributed by atoms with E-state index >= 15 is 0 Å². The quantitative estimate of drug-likeness (QED) is 0.534. The highest BCUT2D eigenvalue weighted by Gasteiger charge is 2.17. The fourth-order valence-corrected chi connectivity index (χ4v) is 1.30. The summed E-state index contributed by atoms with van der Waals surface area (Å²) in [5, 5.41) is 0. The molecule has 0 aliphatic carbocycles. The number of rotatable bonds is 0. The normalized spacial score (nSPS) is 21.8. The summed E-state index contributed by atoms with van der Waals surface area (Å²) in [5.74, 6) is 0.770. The first-order valence-corrected chi connectivity index (χ1v) is 4.00. The van der Waals surface area contributed by atoms with Gasteiger partial charge in [0.1, 0.15) is 5.84 Å². The minimum absolute atomic E-state index is 0.0133. The third kappa shape index (κ3) is 1.18. The van der Waals surface area contributed by atoms with Crippen molar-refractivity contribution >= 4 is 11.7 Å². The van der Waals surface area contributed by atoms with Crippen molar-refractivity contribution in [3.63, 3.8) is 0 Å². The third-order valence-electron chi connectivity index (χ3n) is 1.97. The van der Waals surface area contributed by atoms with Crippen molar-refractivity contribution in [2.45, 2.75) is 13.3 Å². The van der Waals surface area contributed by atoms with Crippen LogP contribution in [0.4, 0.5) is 0 Å². The lowest BCUT2D eigenvalue weighted by atomic mass is 10.2. The number of carbonyl (C=O) groups excluding carboxylic acids is 1. The van der Waals surface area contributed by atoms with E-state index in [1.807, 2.05) is 30.2 Å². The van der Waals surface area contributed by atoms with Gasteiger partial charge in [-0.3, -0.25) is 4.79 Å². The maximum atomic E-state index is 11.0. The minimum atomic E-state index is -0.0133. The van der Waals surface area contributed by atoms with Crippen molar-refractivity contribution in [2.75, 3.05) is 6.54 Å². The van der Waals surface area contributed by atoms with Gasteiger partial charge < -0.3 is 4.90 Å². The molecule has 0 atom stereocenters. The van der Waals surface area contributed by atoms with Gasteiger partial charge in [-0.05, 0) is 24.6 Å². The lowest BCUT2D eigenvalue weighted by molar-refractivity contribution is -0.118. The highest BCUT2D eigenvalue weighted by atomic mass is 16.1. The number of hydrogen-bond acceptors (Lipinski definition) is 2. The highest BCUT2D eigenvalue weighted by Crippen LogP contribution is 2.13. The molecule has 0 aromatic heterocycles. The molecule has 0 aromatic carbocycles. The van der Waals surface area contributed by atoms with Crippen LogP contribution in [0.25, 0.3) is 0 Å². The van der Waals surface area contributed by atoms with E-state index in [4.69, 9.17) is 0 Å². The van der Waals surface area contributed by atoms with Crippen LogP contribution in [0.1, 0.15) is 13.3 Å². The van der Waals surface area contributed by atoms with Crippen molar-refractivity contribution in [1.29, 1.82) is 0 Å². The largest absolute Gasteiger partial charge is 0.332 e. The van der Waals surface area contributed by atoms with Crippen molar-refractivity contribution in [3.05, 3.63) is 23.9 Å². The molecule has 0 saturated heterocycles. The summed E-state index contributed by atoms with van der Waals surface area (Å²) >= 11 is 0. The molecule has 0 spiro atoms. The average Bonchev–Trinajstić information content (AvgIpc) is 2.03. The standard InChI is InChI=1S/C9H10N2O/c1-7-2-4-11-5-3-9(12)10-8(11)6-7/h2,4,6H,3,5H2,1H3. The van der Waals surface area contributed by atoms with Crippen LogP contribution in [-0.2, 0) is 4.79 Å². The van der Waals surface area contributed by atoms with Gasteiger partial charge in [0.2, 0.25) is 5.91 Å². The van der Waals surface area contributed by atoms with Gasteiger partial charge in [-0.25, -0.2) is 0 Å². The van der Waals surface area contributed by atoms with Gasteiger partial charge in [-0.15, -0.1) is 0 Å². The highest BCUT2D eigenvalue weighted by molar-refractivity contribution is 6.04. The van der Waals surface area contributed by atoms with Crippen LogP contribution >= 0.6 is 0 Å². The Morgan fingerprint density at radius 2 is 2.42 bits per heavy atom. The van der Waals surface area contributed by atoms with Gasteiger partial charge in [0, 0.05) is 19.2 Å². The molecule has 0 saturated carbocycles. The van der Waals surface area contributed by atoms with Crippen LogP contribution in [0.5, 0.6) is 0 Å². The summed E-state index contributed by atoms with van der Waals surface area (Å²) in [6.45, 7) is 2.76. The van der Waals surface area contributed by atoms with Gasteiger partial charge in [0.05, 0.1) is 0 Å². The van der Waals surface area contributed by atoms with E-state index in [1.165, 1.54) is 0 Å². The monoisotopic (exact) mass is 162 g/mol. The number of fused-ring (bicyclic) bond motifs is 1. The smallest absolute Gasteiger partial charge is 0.249 e. The predicted octanol–water partition coefficient (Wildman–Crippen LogP) is 1.09. The van der Waals surface area contributed by atoms with E-state index in [0.29, 0.717) is 6.42 Å². The Kier molecular flexibility index (Phi) is 1.57. The van der Waals surface area contributed by atoms with Crippen molar-refractivity contribution < 1.29 is 4.79 Å². The second-order valence-corrected chi connectivity index (χ2v) is 3.01. The van der Waals surface area contributed by atoms with Crippen molar-refractivity contribution in [3.8, 4) is 0 Å². The number of nitrogens with zero attached hydrogens (tertiary/aromatic N) is 2. The molecule has 0 fully saturated rings. The fourth-order valence-electron chi connectivity index (χ4n) is 1.30. The molecule has 0 bridgehead atoms. The Labute approximate surface area is 71.1 Å². The summed E-state index contributed by atoms with van der Waals surface area (Å²) in [4.78, 5) is 16.9. The first kappa shape index (κ1) is 7.28. The zero-order chi connectivity index (χ0) is 8.55. The van der Waals surface area contributed by atoms with Gasteiger partial charge in [0.15, 0.2) is 0 Å². The van der Waals surface area contributed by atoms with E-state index in [9.17, 15) is 4.79 Å². The third-order valence-corrected chi connectivity index (χ3v) is 1.97. The first-order chi connectivity index (χ1) is 5.75. The van der Waals surface area contributed by atoms with E-state index in [2.05, 4.69) is 4.99 Å². The SMILES string of the molecule is CC1=CC2=NC(=O)CCN2C=C1. The summed E-state index contributed by atoms with van der Waals surface area (Å²) in [6.07, 6.45) is 6.45. The first-order valence-electron chi connectivity index (χ1n) is 4.00. The Morgan fingerprint density at radius 1 is 1.58 bits per heavy atom. The summed E-state index contributed by atoms with van der Waals surface area (Å²) < 4.78 is 0. The zero-order valence-electron chi connectivity index (χ0n) is 6.95. The molecule has 2 heterocycles. The molecule has 0 N–H and O–H groups in total. The van der Waals surface area contributed by atoms with Crippen LogP contribution in [0.3, 0.4) is 0 Å².